The molecule has 3 N–H and O–H groups in total. The lowest BCUT2D eigenvalue weighted by Crippen LogP contribution is -2.25. The van der Waals surface area contributed by atoms with Crippen LogP contribution >= 0.6 is 0 Å². The van der Waals surface area contributed by atoms with Crippen molar-refractivity contribution in [2.45, 2.75) is 19.0 Å². The highest BCUT2D eigenvalue weighted by Crippen LogP contribution is 2.34. The Labute approximate surface area is 159 Å². The second kappa shape index (κ2) is 7.41. The van der Waals surface area contributed by atoms with E-state index in [0.717, 1.165) is 12.1 Å². The number of nitrogens with zero attached hydrogens (tertiary/aromatic N) is 1. The minimum Gasteiger partial charge on any atom is -0.497 e. The molecule has 0 saturated carbocycles. The van der Waals surface area contributed by atoms with Gasteiger partial charge in [0.15, 0.2) is 0 Å². The number of methoxy groups -OCH3 is 1. The molecule has 0 unspecified atom stereocenters. The van der Waals surface area contributed by atoms with E-state index in [9.17, 15) is 22.8 Å². The summed E-state index contributed by atoms with van der Waals surface area (Å²) in [5.74, 6) is -0.626. The number of benzene rings is 2. The normalized spacial score (nSPS) is 14.3. The Bertz CT molecular complexity index is 928. The number of amides is 2. The molecule has 0 bridgehead atoms. The summed E-state index contributed by atoms with van der Waals surface area (Å²) in [7, 11) is 1.43. The van der Waals surface area contributed by atoms with Crippen LogP contribution in [0.15, 0.2) is 36.4 Å². The number of carbonyl (C=O) groups excluding carboxylic acids is 2. The maximum atomic E-state index is 13.3. The van der Waals surface area contributed by atoms with Crippen LogP contribution in [0.4, 0.5) is 30.2 Å². The molecule has 148 valence electrons. The van der Waals surface area contributed by atoms with E-state index < -0.39 is 17.6 Å². The predicted octanol–water partition coefficient (Wildman–Crippen LogP) is 3.68. The Kier molecular flexibility index (Phi) is 5.17. The summed E-state index contributed by atoms with van der Waals surface area (Å²) in [4.78, 5) is 25.8. The topological polar surface area (TPSA) is 84.7 Å². The molecule has 0 aliphatic carbocycles. The molecule has 0 spiro atoms. The third-order valence-corrected chi connectivity index (χ3v) is 4.40. The first-order chi connectivity index (χ1) is 13.2. The van der Waals surface area contributed by atoms with E-state index in [0.29, 0.717) is 18.7 Å². The molecule has 1 aliphatic heterocycles. The van der Waals surface area contributed by atoms with Gasteiger partial charge in [-0.05, 0) is 36.8 Å². The number of nitrogens with two attached hydrogens (primary N) is 1. The van der Waals surface area contributed by atoms with Gasteiger partial charge in [0.1, 0.15) is 5.75 Å². The first-order valence-electron chi connectivity index (χ1n) is 8.46. The molecule has 1 saturated heterocycles. The van der Waals surface area contributed by atoms with Crippen molar-refractivity contribution in [3.8, 4) is 5.75 Å². The maximum Gasteiger partial charge on any atom is 0.416 e. The Hall–Kier alpha value is -3.23. The number of nitrogens with one attached hydrogen (secondary N) is 1. The van der Waals surface area contributed by atoms with Gasteiger partial charge >= 0.3 is 6.18 Å². The van der Waals surface area contributed by atoms with Crippen molar-refractivity contribution in [3.63, 3.8) is 0 Å². The van der Waals surface area contributed by atoms with Gasteiger partial charge in [-0.25, -0.2) is 0 Å². The Morgan fingerprint density at radius 2 is 1.96 bits per heavy atom. The van der Waals surface area contributed by atoms with Gasteiger partial charge in [0.25, 0.3) is 5.91 Å². The van der Waals surface area contributed by atoms with Crippen molar-refractivity contribution >= 4 is 28.9 Å². The molecule has 0 radical (unpaired) electrons. The lowest BCUT2D eigenvalue weighted by Gasteiger charge is -2.19. The van der Waals surface area contributed by atoms with Crippen molar-refractivity contribution in [2.24, 2.45) is 0 Å². The second-order valence-electron chi connectivity index (χ2n) is 6.32. The summed E-state index contributed by atoms with van der Waals surface area (Å²) in [6.07, 6.45) is -3.85. The summed E-state index contributed by atoms with van der Waals surface area (Å²) in [5.41, 5.74) is 5.06. The van der Waals surface area contributed by atoms with Crippen LogP contribution in [0.3, 0.4) is 0 Å². The molecule has 1 fully saturated rings. The fourth-order valence-electron chi connectivity index (χ4n) is 2.95. The molecule has 1 heterocycles. The van der Waals surface area contributed by atoms with Crippen LogP contribution in [-0.4, -0.2) is 25.5 Å². The number of alkyl halides is 3. The van der Waals surface area contributed by atoms with Gasteiger partial charge in [0, 0.05) is 30.3 Å². The van der Waals surface area contributed by atoms with E-state index in [1.54, 1.807) is 6.07 Å². The number of hydrogen-bond acceptors (Lipinski definition) is 4. The lowest BCUT2D eigenvalue weighted by molar-refractivity contribution is -0.137. The average molecular weight is 393 g/mol. The molecular formula is C19H18F3N3O3. The van der Waals surface area contributed by atoms with Crippen LogP contribution in [-0.2, 0) is 11.0 Å². The second-order valence-corrected chi connectivity index (χ2v) is 6.32. The van der Waals surface area contributed by atoms with E-state index >= 15 is 0 Å². The lowest BCUT2D eigenvalue weighted by atomic mass is 10.1. The van der Waals surface area contributed by atoms with Gasteiger partial charge in [0.2, 0.25) is 5.91 Å². The standard InChI is InChI=1S/C19H18F3N3O3/c1-28-14-4-5-15(23)16(10-14)24-18(27)11-7-12(19(20,21)22)9-13(8-11)25-6-2-3-17(25)26/h4-5,7-10H,2-3,6,23H2,1H3,(H,24,27). The highest BCUT2D eigenvalue weighted by Gasteiger charge is 2.33. The Balaban J connectivity index is 1.98. The summed E-state index contributed by atoms with van der Waals surface area (Å²) < 4.78 is 45.0. The number of halogens is 3. The van der Waals surface area contributed by atoms with E-state index in [4.69, 9.17) is 10.5 Å². The van der Waals surface area contributed by atoms with Gasteiger partial charge in [-0.1, -0.05) is 0 Å². The minimum absolute atomic E-state index is 0.0427. The van der Waals surface area contributed by atoms with Crippen molar-refractivity contribution < 1.29 is 27.5 Å². The molecular weight excluding hydrogens is 375 g/mol. The summed E-state index contributed by atoms with van der Waals surface area (Å²) in [6.45, 7) is 0.310. The smallest absolute Gasteiger partial charge is 0.416 e. The number of hydrogen-bond donors (Lipinski definition) is 2. The summed E-state index contributed by atoms with van der Waals surface area (Å²) in [5, 5.41) is 2.49. The summed E-state index contributed by atoms with van der Waals surface area (Å²) >= 11 is 0. The number of rotatable bonds is 4. The van der Waals surface area contributed by atoms with Gasteiger partial charge in [-0.3, -0.25) is 9.59 Å². The quantitative estimate of drug-likeness (QED) is 0.777. The fraction of sp³-hybridized carbons (Fsp3) is 0.263. The van der Waals surface area contributed by atoms with Crippen LogP contribution in [0.2, 0.25) is 0 Å². The number of carbonyl (C=O) groups is 2. The van der Waals surface area contributed by atoms with E-state index in [-0.39, 0.29) is 35.0 Å². The molecule has 9 heteroatoms. The minimum atomic E-state index is -4.66. The van der Waals surface area contributed by atoms with E-state index in [2.05, 4.69) is 5.32 Å². The molecule has 2 aromatic rings. The van der Waals surface area contributed by atoms with Crippen LogP contribution in [0, 0.1) is 0 Å². The van der Waals surface area contributed by atoms with Crippen molar-refractivity contribution in [2.75, 3.05) is 29.6 Å². The molecule has 6 nitrogen and oxygen atoms in total. The number of nitrogen functional groups attached to an aromatic ring is 1. The van der Waals surface area contributed by atoms with Crippen molar-refractivity contribution in [1.29, 1.82) is 0 Å². The van der Waals surface area contributed by atoms with Gasteiger partial charge in [0.05, 0.1) is 24.0 Å². The first-order valence-corrected chi connectivity index (χ1v) is 8.46. The third kappa shape index (κ3) is 4.03. The molecule has 2 aromatic carbocycles. The molecule has 2 amide bonds. The zero-order chi connectivity index (χ0) is 20.5. The largest absolute Gasteiger partial charge is 0.497 e. The molecule has 3 rings (SSSR count). The molecule has 1 aliphatic rings. The van der Waals surface area contributed by atoms with Gasteiger partial charge < -0.3 is 20.7 Å². The van der Waals surface area contributed by atoms with Gasteiger partial charge in [-0.15, -0.1) is 0 Å². The predicted molar refractivity (Wildman–Crippen MR) is 98.4 cm³/mol. The zero-order valence-corrected chi connectivity index (χ0v) is 15.0. The summed E-state index contributed by atoms with van der Waals surface area (Å²) in [6, 6.07) is 7.45. The fourth-order valence-corrected chi connectivity index (χ4v) is 2.95. The monoisotopic (exact) mass is 393 g/mol. The van der Waals surface area contributed by atoms with Crippen molar-refractivity contribution in [1.82, 2.24) is 0 Å². The van der Waals surface area contributed by atoms with Crippen LogP contribution in [0.1, 0.15) is 28.8 Å². The number of ether oxygens (including phenoxy) is 1. The zero-order valence-electron chi connectivity index (χ0n) is 15.0. The highest BCUT2D eigenvalue weighted by atomic mass is 19.4. The van der Waals surface area contributed by atoms with Crippen LogP contribution < -0.4 is 20.7 Å². The first kappa shape index (κ1) is 19.5. The van der Waals surface area contributed by atoms with Crippen molar-refractivity contribution in [3.05, 3.63) is 47.5 Å². The van der Waals surface area contributed by atoms with E-state index in [1.165, 1.54) is 30.2 Å². The molecule has 0 aromatic heterocycles. The van der Waals surface area contributed by atoms with Crippen LogP contribution in [0.5, 0.6) is 5.75 Å². The van der Waals surface area contributed by atoms with E-state index in [1.807, 2.05) is 0 Å². The third-order valence-electron chi connectivity index (χ3n) is 4.40. The highest BCUT2D eigenvalue weighted by molar-refractivity contribution is 6.07. The maximum absolute atomic E-state index is 13.3. The average Bonchev–Trinajstić information content (AvgIpc) is 3.08. The molecule has 28 heavy (non-hydrogen) atoms. The van der Waals surface area contributed by atoms with Crippen LogP contribution in [0.25, 0.3) is 0 Å². The molecule has 0 atom stereocenters. The Morgan fingerprint density at radius 1 is 1.21 bits per heavy atom. The number of anilines is 3. The Morgan fingerprint density at radius 3 is 2.57 bits per heavy atom. The van der Waals surface area contributed by atoms with Gasteiger partial charge in [-0.2, -0.15) is 13.2 Å². The SMILES string of the molecule is COc1ccc(N)c(NC(=O)c2cc(N3CCCC3=O)cc(C(F)(F)F)c2)c1.